The first-order chi connectivity index (χ1) is 14.3. The van der Waals surface area contributed by atoms with Gasteiger partial charge in [0.25, 0.3) is 5.56 Å². The molecule has 13 heteroatoms. The fourth-order valence-corrected chi connectivity index (χ4v) is 4.79. The summed E-state index contributed by atoms with van der Waals surface area (Å²) in [5.41, 5.74) is 5.60. The summed E-state index contributed by atoms with van der Waals surface area (Å²) in [5, 5.41) is 13.0. The van der Waals surface area contributed by atoms with E-state index in [4.69, 9.17) is 26.4 Å². The highest BCUT2D eigenvalue weighted by molar-refractivity contribution is 7.47. The van der Waals surface area contributed by atoms with Crippen LogP contribution in [0.4, 0.5) is 17.5 Å². The van der Waals surface area contributed by atoms with Crippen molar-refractivity contribution in [2.45, 2.75) is 12.5 Å². The Balaban J connectivity index is 1.46. The Morgan fingerprint density at radius 2 is 2.23 bits per heavy atom. The Kier molecular flexibility index (Phi) is 5.65. The van der Waals surface area contributed by atoms with Crippen LogP contribution in [0.1, 0.15) is 6.42 Å². The van der Waals surface area contributed by atoms with Crippen molar-refractivity contribution in [1.82, 2.24) is 9.97 Å². The Labute approximate surface area is 176 Å². The van der Waals surface area contributed by atoms with E-state index in [0.29, 0.717) is 29.6 Å². The number of aromatic amines is 1. The van der Waals surface area contributed by atoms with E-state index >= 15 is 0 Å². The Bertz CT molecular complexity index is 1050. The predicted octanol–water partition coefficient (Wildman–Crippen LogP) is 1.39. The van der Waals surface area contributed by atoms with Gasteiger partial charge in [-0.2, -0.15) is 4.98 Å². The van der Waals surface area contributed by atoms with Gasteiger partial charge in [-0.1, -0.05) is 17.7 Å². The van der Waals surface area contributed by atoms with E-state index in [2.05, 4.69) is 15.3 Å². The topological polar surface area (TPSA) is 163 Å². The number of aromatic nitrogens is 2. The number of nitrogens with one attached hydrogen (secondary N) is 2. The third-order valence-corrected chi connectivity index (χ3v) is 6.49. The molecule has 0 spiro atoms. The number of fused-ring (bicyclic) bond motifs is 1. The maximum atomic E-state index is 12.4. The van der Waals surface area contributed by atoms with Gasteiger partial charge in [0.2, 0.25) is 5.95 Å². The number of hydrogen-bond donors (Lipinski definition) is 5. The molecule has 1 fully saturated rings. The van der Waals surface area contributed by atoms with Crippen LogP contribution < -0.4 is 26.0 Å². The fraction of sp³-hybridized carbons (Fsp3) is 0.412. The second kappa shape index (κ2) is 8.09. The van der Waals surface area contributed by atoms with Gasteiger partial charge in [-0.15, -0.1) is 0 Å². The second-order valence-electron chi connectivity index (χ2n) is 7.18. The summed E-state index contributed by atoms with van der Waals surface area (Å²) in [4.78, 5) is 30.6. The van der Waals surface area contributed by atoms with Crippen LogP contribution in [0, 0.1) is 11.8 Å². The van der Waals surface area contributed by atoms with Crippen LogP contribution in [-0.4, -0.2) is 45.9 Å². The molecule has 1 aliphatic heterocycles. The molecule has 11 nitrogen and oxygen atoms in total. The second-order valence-corrected chi connectivity index (χ2v) is 8.99. The van der Waals surface area contributed by atoms with Gasteiger partial charge in [-0.25, -0.2) is 4.57 Å². The van der Waals surface area contributed by atoms with Crippen LogP contribution in [0.15, 0.2) is 29.1 Å². The third kappa shape index (κ3) is 4.12. The molecular formula is C17H21ClN5O6P. The third-order valence-electron chi connectivity index (χ3n) is 5.34. The number of rotatable bonds is 7. The van der Waals surface area contributed by atoms with Gasteiger partial charge in [0.05, 0.1) is 13.3 Å². The lowest BCUT2D eigenvalue weighted by Crippen LogP contribution is -2.55. The van der Waals surface area contributed by atoms with Gasteiger partial charge in [0, 0.05) is 23.6 Å². The first-order valence-electron chi connectivity index (χ1n) is 9.21. The zero-order chi connectivity index (χ0) is 21.5. The van der Waals surface area contributed by atoms with Crippen molar-refractivity contribution in [3.8, 4) is 5.75 Å². The van der Waals surface area contributed by atoms with E-state index in [9.17, 15) is 19.4 Å². The number of aliphatic hydroxyl groups is 1. The van der Waals surface area contributed by atoms with E-state index in [1.54, 1.807) is 12.1 Å². The maximum absolute atomic E-state index is 12.4. The van der Waals surface area contributed by atoms with Crippen molar-refractivity contribution >= 4 is 36.9 Å². The van der Waals surface area contributed by atoms with Crippen molar-refractivity contribution in [3.05, 3.63) is 39.6 Å². The Morgan fingerprint density at radius 1 is 1.43 bits per heavy atom. The minimum Gasteiger partial charge on any atom is -0.404 e. The summed E-state index contributed by atoms with van der Waals surface area (Å²) in [7, 11) is -4.41. The molecule has 4 rings (SSSR count). The van der Waals surface area contributed by atoms with Crippen LogP contribution in [0.3, 0.4) is 0 Å². The molecule has 1 saturated carbocycles. The number of benzene rings is 1. The van der Waals surface area contributed by atoms with Gasteiger partial charge >= 0.3 is 7.82 Å². The molecule has 6 N–H and O–H groups in total. The largest absolute Gasteiger partial charge is 0.527 e. The number of anilines is 3. The van der Waals surface area contributed by atoms with Gasteiger partial charge in [-0.05, 0) is 30.5 Å². The number of phosphoric ester groups is 1. The van der Waals surface area contributed by atoms with Gasteiger partial charge < -0.3 is 25.6 Å². The highest BCUT2D eigenvalue weighted by atomic mass is 35.5. The summed E-state index contributed by atoms with van der Waals surface area (Å²) in [6.45, 7) is 0.0905. The summed E-state index contributed by atoms with van der Waals surface area (Å²) < 4.78 is 22.6. The van der Waals surface area contributed by atoms with Crippen molar-refractivity contribution in [1.29, 1.82) is 0 Å². The molecule has 2 aromatic rings. The molecule has 162 valence electrons. The molecule has 0 amide bonds. The predicted molar refractivity (Wildman–Crippen MR) is 111 cm³/mol. The molecule has 4 atom stereocenters. The molecule has 1 aromatic heterocycles. The monoisotopic (exact) mass is 457 g/mol. The number of aliphatic hydroxyl groups excluding tert-OH is 1. The lowest BCUT2D eigenvalue weighted by atomic mass is 9.69. The van der Waals surface area contributed by atoms with E-state index in [1.165, 1.54) is 12.1 Å². The molecule has 2 aliphatic rings. The average Bonchev–Trinajstić information content (AvgIpc) is 3.04. The van der Waals surface area contributed by atoms with Crippen LogP contribution in [0.5, 0.6) is 5.75 Å². The number of halogens is 1. The fourth-order valence-electron chi connectivity index (χ4n) is 3.82. The zero-order valence-electron chi connectivity index (χ0n) is 15.7. The van der Waals surface area contributed by atoms with Crippen molar-refractivity contribution < 1.29 is 23.6 Å². The minimum atomic E-state index is -4.41. The lowest BCUT2D eigenvalue weighted by molar-refractivity contribution is 0.0217. The van der Waals surface area contributed by atoms with E-state index in [0.717, 1.165) is 0 Å². The number of hydrogen-bond acceptors (Lipinski definition) is 9. The molecule has 0 bridgehead atoms. The first kappa shape index (κ1) is 21.0. The van der Waals surface area contributed by atoms with Crippen LogP contribution >= 0.6 is 19.4 Å². The number of phosphoric acid groups is 1. The molecule has 0 saturated heterocycles. The molecule has 4 unspecified atom stereocenters. The molecule has 2 heterocycles. The van der Waals surface area contributed by atoms with Crippen molar-refractivity contribution in [2.75, 3.05) is 35.8 Å². The molecular weight excluding hydrogens is 437 g/mol. The molecule has 1 aliphatic carbocycles. The van der Waals surface area contributed by atoms with Gasteiger partial charge in [0.15, 0.2) is 5.82 Å². The zero-order valence-corrected chi connectivity index (χ0v) is 17.3. The minimum absolute atomic E-state index is 0.00642. The molecule has 0 radical (unpaired) electrons. The van der Waals surface area contributed by atoms with Crippen LogP contribution in [0.2, 0.25) is 5.02 Å². The normalized spacial score (nSPS) is 24.5. The quantitative estimate of drug-likeness (QED) is 0.384. The standard InChI is InChI=1S/C17H21ClN5O6P/c18-10-2-1-3-11(5-10)29-30(26,27)28-7-12-9(6-24)4-13(12)23-8-20-14-15(23)21-17(19)22-16(14)25/h1-3,5,9,12-13,20,24H,4,6-8H2,(H,26,27)(H3,19,21,22,25). The average molecular weight is 458 g/mol. The Hall–Kier alpha value is -2.30. The van der Waals surface area contributed by atoms with Gasteiger partial charge in [-0.3, -0.25) is 19.2 Å². The molecule has 30 heavy (non-hydrogen) atoms. The molecule has 1 aromatic carbocycles. The smallest absolute Gasteiger partial charge is 0.404 e. The highest BCUT2D eigenvalue weighted by Crippen LogP contribution is 2.48. The summed E-state index contributed by atoms with van der Waals surface area (Å²) in [5.74, 6) is 0.0879. The summed E-state index contributed by atoms with van der Waals surface area (Å²) in [6, 6.07) is 5.91. The Morgan fingerprint density at radius 3 is 2.97 bits per heavy atom. The van der Waals surface area contributed by atoms with Crippen LogP contribution in [0.25, 0.3) is 0 Å². The van der Waals surface area contributed by atoms with Crippen molar-refractivity contribution in [2.24, 2.45) is 11.8 Å². The number of H-pyrrole nitrogens is 1. The summed E-state index contributed by atoms with van der Waals surface area (Å²) in [6.07, 6.45) is 0.602. The first-order valence-corrected chi connectivity index (χ1v) is 11.1. The van der Waals surface area contributed by atoms with Crippen molar-refractivity contribution in [3.63, 3.8) is 0 Å². The number of nitrogen functional groups attached to an aromatic ring is 1. The van der Waals surface area contributed by atoms with Crippen LogP contribution in [-0.2, 0) is 9.09 Å². The highest BCUT2D eigenvalue weighted by Gasteiger charge is 2.47. The van der Waals surface area contributed by atoms with E-state index in [-0.39, 0.29) is 48.3 Å². The maximum Gasteiger partial charge on any atom is 0.527 e. The van der Waals surface area contributed by atoms with Gasteiger partial charge in [0.1, 0.15) is 11.4 Å². The summed E-state index contributed by atoms with van der Waals surface area (Å²) >= 11 is 5.86. The van der Waals surface area contributed by atoms with E-state index < -0.39 is 7.82 Å². The SMILES string of the molecule is Nc1nc2c(c(=O)[nH]1)NCN2C1CC(CO)C1COP(=O)(O)Oc1cccc(Cl)c1. The lowest BCUT2D eigenvalue weighted by Gasteiger charge is -2.48. The number of nitrogens with two attached hydrogens (primary N) is 1. The van der Waals surface area contributed by atoms with E-state index in [1.807, 2.05) is 4.90 Å². The number of nitrogens with zero attached hydrogens (tertiary/aromatic N) is 2.